The topological polar surface area (TPSA) is 103 Å². The minimum absolute atomic E-state index is 0.0259. The summed E-state index contributed by atoms with van der Waals surface area (Å²) in [5.74, 6) is -0.778. The molecule has 0 bridgehead atoms. The molecule has 34 heavy (non-hydrogen) atoms. The van der Waals surface area contributed by atoms with E-state index in [4.69, 9.17) is 10.00 Å². The molecule has 2 atom stereocenters. The Bertz CT molecular complexity index is 962. The van der Waals surface area contributed by atoms with Gasteiger partial charge in [0.05, 0.1) is 29.9 Å². The largest absolute Gasteiger partial charge is 0.379 e. The first-order valence-corrected chi connectivity index (χ1v) is 14.2. The molecule has 1 aromatic rings. The van der Waals surface area contributed by atoms with Gasteiger partial charge in [0.15, 0.2) is 9.84 Å². The third-order valence-electron chi connectivity index (χ3n) is 7.61. The Balaban J connectivity index is 1.35. The summed E-state index contributed by atoms with van der Waals surface area (Å²) in [6.07, 6.45) is 5.46. The Morgan fingerprint density at radius 3 is 2.38 bits per heavy atom. The number of nitriles is 1. The van der Waals surface area contributed by atoms with Crippen LogP contribution in [0.3, 0.4) is 0 Å². The van der Waals surface area contributed by atoms with E-state index in [0.29, 0.717) is 17.4 Å². The molecule has 1 N–H and O–H groups in total. The van der Waals surface area contributed by atoms with Crippen molar-refractivity contribution in [2.75, 3.05) is 56.6 Å². The maximum Gasteiger partial charge on any atom is 0.224 e. The van der Waals surface area contributed by atoms with Crippen LogP contribution in [-0.4, -0.2) is 77.0 Å². The van der Waals surface area contributed by atoms with E-state index < -0.39 is 9.84 Å². The number of hydrogen-bond donors (Lipinski definition) is 1. The number of piperidine rings is 1. The minimum Gasteiger partial charge on any atom is -0.379 e. The second-order valence-electron chi connectivity index (χ2n) is 9.67. The molecule has 9 heteroatoms. The first kappa shape index (κ1) is 25.0. The zero-order valence-corrected chi connectivity index (χ0v) is 20.6. The van der Waals surface area contributed by atoms with Crippen LogP contribution in [0.15, 0.2) is 29.2 Å². The molecule has 1 aliphatic carbocycles. The molecule has 4 rings (SSSR count). The second-order valence-corrected chi connectivity index (χ2v) is 11.7. The molecule has 1 saturated carbocycles. The minimum atomic E-state index is -3.50. The average Bonchev–Trinajstić information content (AvgIpc) is 2.88. The molecule has 3 fully saturated rings. The lowest BCUT2D eigenvalue weighted by atomic mass is 9.80. The van der Waals surface area contributed by atoms with Crippen LogP contribution in [0.5, 0.6) is 0 Å². The fourth-order valence-corrected chi connectivity index (χ4v) is 7.39. The Labute approximate surface area is 203 Å². The third kappa shape index (κ3) is 6.09. The predicted octanol–water partition coefficient (Wildman–Crippen LogP) is 2.21. The molecule has 0 spiro atoms. The van der Waals surface area contributed by atoms with Crippen LogP contribution < -0.4 is 10.2 Å². The summed E-state index contributed by atoms with van der Waals surface area (Å²) < 4.78 is 31.8. The van der Waals surface area contributed by atoms with Gasteiger partial charge >= 0.3 is 0 Å². The molecule has 0 radical (unpaired) electrons. The number of carbonyl (C=O) groups excluding carboxylic acids is 1. The van der Waals surface area contributed by atoms with Gasteiger partial charge in [0.2, 0.25) is 5.91 Å². The average molecular weight is 489 g/mol. The van der Waals surface area contributed by atoms with Crippen molar-refractivity contribution >= 4 is 21.4 Å². The highest BCUT2D eigenvalue weighted by Gasteiger charge is 2.34. The van der Waals surface area contributed by atoms with Gasteiger partial charge in [-0.2, -0.15) is 5.26 Å². The summed E-state index contributed by atoms with van der Waals surface area (Å²) in [5, 5.41) is 11.3. The number of nitrogens with zero attached hydrogens (tertiary/aromatic N) is 3. The predicted molar refractivity (Wildman–Crippen MR) is 130 cm³/mol. The first-order chi connectivity index (χ1) is 16.5. The molecular formula is C25H36N4O4S. The van der Waals surface area contributed by atoms with Crippen molar-refractivity contribution < 1.29 is 17.9 Å². The number of sulfone groups is 1. The van der Waals surface area contributed by atoms with Crippen LogP contribution >= 0.6 is 0 Å². The van der Waals surface area contributed by atoms with Crippen LogP contribution in [0.25, 0.3) is 0 Å². The first-order valence-electron chi connectivity index (χ1n) is 12.5. The molecule has 2 saturated heterocycles. The van der Waals surface area contributed by atoms with Gasteiger partial charge in [-0.15, -0.1) is 0 Å². The third-order valence-corrected chi connectivity index (χ3v) is 9.47. The Hall–Kier alpha value is -2.15. The molecule has 8 nitrogen and oxygen atoms in total. The van der Waals surface area contributed by atoms with Gasteiger partial charge in [-0.1, -0.05) is 12.8 Å². The summed E-state index contributed by atoms with van der Waals surface area (Å²) in [7, 11) is -3.50. The van der Waals surface area contributed by atoms with Crippen molar-refractivity contribution in [3.63, 3.8) is 0 Å². The molecule has 2 aliphatic heterocycles. The van der Waals surface area contributed by atoms with Crippen molar-refractivity contribution in [3.8, 4) is 6.07 Å². The second kappa shape index (κ2) is 11.5. The van der Waals surface area contributed by atoms with E-state index in [-0.39, 0.29) is 30.0 Å². The summed E-state index contributed by atoms with van der Waals surface area (Å²) in [6.45, 7) is 5.56. The molecule has 1 amide bonds. The zero-order valence-electron chi connectivity index (χ0n) is 19.8. The van der Waals surface area contributed by atoms with Gasteiger partial charge in [-0.3, -0.25) is 9.69 Å². The van der Waals surface area contributed by atoms with Gasteiger partial charge < -0.3 is 15.0 Å². The van der Waals surface area contributed by atoms with Crippen molar-refractivity contribution in [2.24, 2.45) is 11.8 Å². The summed E-state index contributed by atoms with van der Waals surface area (Å²) in [5.41, 5.74) is 1.06. The molecule has 1 aromatic carbocycles. The van der Waals surface area contributed by atoms with E-state index in [0.717, 1.165) is 77.2 Å². The van der Waals surface area contributed by atoms with Crippen LogP contribution in [0, 0.1) is 23.2 Å². The van der Waals surface area contributed by atoms with Crippen molar-refractivity contribution in [2.45, 2.75) is 49.5 Å². The molecule has 3 aliphatic rings. The van der Waals surface area contributed by atoms with Gasteiger partial charge in [-0.05, 0) is 55.9 Å². The van der Waals surface area contributed by atoms with E-state index in [1.165, 1.54) is 0 Å². The fourth-order valence-electron chi connectivity index (χ4n) is 5.68. The molecule has 0 aromatic heterocycles. The number of amides is 1. The number of nitrogens with one attached hydrogen (secondary N) is 1. The Morgan fingerprint density at radius 2 is 1.71 bits per heavy atom. The summed E-state index contributed by atoms with van der Waals surface area (Å²) >= 11 is 0. The SMILES string of the molecule is N#CCNC(=O)[C@H]1CCCC[C@@H]1CS(=O)(=O)c1ccc(N2CCC(N3CCOCC3)CC2)cc1. The highest BCUT2D eigenvalue weighted by atomic mass is 32.2. The number of ether oxygens (including phenoxy) is 1. The Morgan fingerprint density at radius 1 is 1.03 bits per heavy atom. The van der Waals surface area contributed by atoms with Gasteiger partial charge in [-0.25, -0.2) is 8.42 Å². The number of rotatable bonds is 7. The van der Waals surface area contributed by atoms with E-state index in [9.17, 15) is 13.2 Å². The maximum atomic E-state index is 13.2. The van der Waals surface area contributed by atoms with Gasteiger partial charge in [0, 0.05) is 43.8 Å². The smallest absolute Gasteiger partial charge is 0.224 e. The summed E-state index contributed by atoms with van der Waals surface area (Å²) in [6, 6.07) is 9.78. The number of hydrogen-bond acceptors (Lipinski definition) is 7. The van der Waals surface area contributed by atoms with Crippen LogP contribution in [0.4, 0.5) is 5.69 Å². The van der Waals surface area contributed by atoms with E-state index in [1.807, 2.05) is 18.2 Å². The van der Waals surface area contributed by atoms with Crippen LogP contribution in [-0.2, 0) is 19.4 Å². The number of benzene rings is 1. The fraction of sp³-hybridized carbons (Fsp3) is 0.680. The van der Waals surface area contributed by atoms with Crippen molar-refractivity contribution in [1.29, 1.82) is 5.26 Å². The molecular weight excluding hydrogens is 452 g/mol. The maximum absolute atomic E-state index is 13.2. The number of morpholine rings is 1. The van der Waals surface area contributed by atoms with Crippen LogP contribution in [0.2, 0.25) is 0 Å². The lowest BCUT2D eigenvalue weighted by Crippen LogP contribution is -2.49. The monoisotopic (exact) mass is 488 g/mol. The van der Waals surface area contributed by atoms with Gasteiger partial charge in [0.1, 0.15) is 6.54 Å². The van der Waals surface area contributed by atoms with E-state index in [2.05, 4.69) is 15.1 Å². The molecule has 186 valence electrons. The Kier molecular flexibility index (Phi) is 8.46. The highest BCUT2D eigenvalue weighted by molar-refractivity contribution is 7.91. The van der Waals surface area contributed by atoms with Gasteiger partial charge in [0.25, 0.3) is 0 Å². The normalized spacial score (nSPS) is 25.0. The highest BCUT2D eigenvalue weighted by Crippen LogP contribution is 2.33. The number of anilines is 1. The lowest BCUT2D eigenvalue weighted by molar-refractivity contribution is -0.127. The van der Waals surface area contributed by atoms with Crippen molar-refractivity contribution in [3.05, 3.63) is 24.3 Å². The van der Waals surface area contributed by atoms with Crippen LogP contribution in [0.1, 0.15) is 38.5 Å². The number of carbonyl (C=O) groups is 1. The molecule has 2 heterocycles. The lowest BCUT2D eigenvalue weighted by Gasteiger charge is -2.40. The molecule has 0 unspecified atom stereocenters. The van der Waals surface area contributed by atoms with Crippen molar-refractivity contribution in [1.82, 2.24) is 10.2 Å². The quantitative estimate of drug-likeness (QED) is 0.587. The van der Waals surface area contributed by atoms with E-state index in [1.54, 1.807) is 12.1 Å². The standard InChI is InChI=1S/C25H36N4O4S/c26-11-12-27-25(30)24-4-2-1-3-20(24)19-34(31,32)23-7-5-21(6-8-23)28-13-9-22(10-14-28)29-15-17-33-18-16-29/h5-8,20,22,24H,1-4,9-10,12-19H2,(H,27,30)/t20-,24+/m1/s1. The summed E-state index contributed by atoms with van der Waals surface area (Å²) in [4.78, 5) is 17.7. The van der Waals surface area contributed by atoms with E-state index >= 15 is 0 Å². The zero-order chi connectivity index (χ0) is 24.0.